The van der Waals surface area contributed by atoms with Crippen molar-refractivity contribution in [3.8, 4) is 0 Å². The molecule has 2 aromatic carbocycles. The number of hydrogen-bond donors (Lipinski definition) is 2. The Bertz CT molecular complexity index is 520. The SMILES string of the molecule is O=[NH+]N([O][Hg][O]N([NH+]=O)c1ccccc1)c1ccccc1. The second-order valence-corrected chi connectivity index (χ2v) is 6.74. The van der Waals surface area contributed by atoms with Gasteiger partial charge in [-0.3, -0.25) is 0 Å². The third-order valence-corrected chi connectivity index (χ3v) is 5.34. The van der Waals surface area contributed by atoms with Crippen LogP contribution < -0.4 is 20.9 Å². The van der Waals surface area contributed by atoms with Gasteiger partial charge in [-0.1, -0.05) is 0 Å². The minimum absolute atomic E-state index is 0.553. The first-order valence-corrected chi connectivity index (χ1v) is 10.6. The number of rotatable bonds is 8. The average Bonchev–Trinajstić information content (AvgIpc) is 2.57. The van der Waals surface area contributed by atoms with Gasteiger partial charge in [0.2, 0.25) is 0 Å². The van der Waals surface area contributed by atoms with E-state index in [9.17, 15) is 9.81 Å². The second kappa shape index (κ2) is 8.40. The van der Waals surface area contributed by atoms with Gasteiger partial charge < -0.3 is 0 Å². The van der Waals surface area contributed by atoms with Crippen LogP contribution in [0.4, 0.5) is 11.4 Å². The van der Waals surface area contributed by atoms with Gasteiger partial charge in [-0.2, -0.15) is 0 Å². The van der Waals surface area contributed by atoms with Crippen LogP contribution in [0.3, 0.4) is 0 Å². The number of para-hydroxylation sites is 2. The Labute approximate surface area is 133 Å². The zero-order valence-electron chi connectivity index (χ0n) is 11.0. The molecule has 0 heterocycles. The molecule has 0 bridgehead atoms. The van der Waals surface area contributed by atoms with Crippen molar-refractivity contribution in [3.63, 3.8) is 0 Å². The van der Waals surface area contributed by atoms with Crippen molar-refractivity contribution in [1.82, 2.24) is 0 Å². The number of hydrogen-bond acceptors (Lipinski definition) is 4. The maximum atomic E-state index is 10.9. The predicted octanol–water partition coefficient (Wildman–Crippen LogP) is -0.701. The van der Waals surface area contributed by atoms with Gasteiger partial charge in [-0.15, -0.1) is 0 Å². The van der Waals surface area contributed by atoms with Crippen molar-refractivity contribution < 1.29 is 41.5 Å². The van der Waals surface area contributed by atoms with E-state index >= 15 is 0 Å². The molecule has 0 atom stereocenters. The fraction of sp³-hybridized carbons (Fsp3) is 0. The summed E-state index contributed by atoms with van der Waals surface area (Å²) >= 11 is -2.45. The zero-order chi connectivity index (χ0) is 14.9. The molecule has 0 radical (unpaired) electrons. The van der Waals surface area contributed by atoms with Crippen molar-refractivity contribution >= 4 is 11.4 Å². The van der Waals surface area contributed by atoms with E-state index in [1.165, 1.54) is 0 Å². The molecule has 0 amide bonds. The Morgan fingerprint density at radius 1 is 0.714 bits per heavy atom. The zero-order valence-corrected chi connectivity index (χ0v) is 16.5. The molecular formula is C12H12HgN4O4+2. The van der Waals surface area contributed by atoms with E-state index in [4.69, 9.17) is 5.49 Å². The molecule has 0 fully saturated rings. The van der Waals surface area contributed by atoms with Crippen LogP contribution in [-0.2, 0) is 31.0 Å². The first-order chi connectivity index (χ1) is 10.3. The molecule has 0 aliphatic rings. The van der Waals surface area contributed by atoms with E-state index in [1.54, 1.807) is 59.1 Å². The van der Waals surface area contributed by atoms with Crippen LogP contribution in [0, 0.1) is 9.81 Å². The van der Waals surface area contributed by atoms with E-state index < -0.39 is 25.5 Å². The van der Waals surface area contributed by atoms with E-state index in [-0.39, 0.29) is 0 Å². The van der Waals surface area contributed by atoms with Gasteiger partial charge in [-0.05, 0) is 0 Å². The molecule has 9 heteroatoms. The van der Waals surface area contributed by atoms with E-state index in [2.05, 4.69) is 0 Å². The molecule has 0 spiro atoms. The third kappa shape index (κ3) is 4.55. The van der Waals surface area contributed by atoms with Crippen LogP contribution in [0.25, 0.3) is 0 Å². The number of hydrazine groups is 2. The van der Waals surface area contributed by atoms with Gasteiger partial charge in [-0.25, -0.2) is 0 Å². The van der Waals surface area contributed by atoms with Crippen molar-refractivity contribution in [2.45, 2.75) is 0 Å². The molecule has 0 aliphatic heterocycles. The molecule has 0 unspecified atom stereocenters. The van der Waals surface area contributed by atoms with Gasteiger partial charge in [0.25, 0.3) is 0 Å². The second-order valence-electron chi connectivity index (χ2n) is 3.82. The number of anilines is 2. The van der Waals surface area contributed by atoms with Crippen LogP contribution in [0.5, 0.6) is 0 Å². The van der Waals surface area contributed by atoms with Crippen molar-refractivity contribution in [3.05, 3.63) is 70.5 Å². The summed E-state index contributed by atoms with van der Waals surface area (Å²) in [5.41, 5.74) is 1.11. The Balaban J connectivity index is 1.90. The fourth-order valence-electron chi connectivity index (χ4n) is 1.56. The van der Waals surface area contributed by atoms with Crippen LogP contribution in [0.1, 0.15) is 0 Å². The maximum absolute atomic E-state index is 10.9. The molecule has 2 N–H and O–H groups in total. The summed E-state index contributed by atoms with van der Waals surface area (Å²) in [6, 6.07) is 17.6. The quantitative estimate of drug-likeness (QED) is 0.387. The summed E-state index contributed by atoms with van der Waals surface area (Å²) in [6.45, 7) is 0. The number of nitrogens with one attached hydrogen (secondary N) is 2. The molecule has 2 aromatic rings. The molecule has 0 aliphatic carbocycles. The predicted molar refractivity (Wildman–Crippen MR) is 68.7 cm³/mol. The Morgan fingerprint density at radius 2 is 1.10 bits per heavy atom. The van der Waals surface area contributed by atoms with E-state index in [1.807, 2.05) is 12.1 Å². The summed E-state index contributed by atoms with van der Waals surface area (Å²) in [5.74, 6) is 0. The first-order valence-electron chi connectivity index (χ1n) is 6.07. The summed E-state index contributed by atoms with van der Waals surface area (Å²) in [4.78, 5) is 21.8. The van der Waals surface area contributed by atoms with Gasteiger partial charge in [0.1, 0.15) is 0 Å². The summed E-state index contributed by atoms with van der Waals surface area (Å²) in [5, 5.41) is 5.30. The van der Waals surface area contributed by atoms with Gasteiger partial charge >= 0.3 is 134 Å². The standard InChI is InChI=1S/2C6H5N2O2.Hg/c2*9-7-8(10)6-4-2-1-3-5-6;/h2*1-5H;/q2*-1;+2/p+2. The van der Waals surface area contributed by atoms with Crippen LogP contribution in [0.2, 0.25) is 0 Å². The molecule has 0 saturated carbocycles. The monoisotopic (exact) mass is 478 g/mol. The van der Waals surface area contributed by atoms with E-state index in [0.29, 0.717) is 11.4 Å². The number of benzene rings is 2. The molecular weight excluding hydrogens is 465 g/mol. The molecule has 0 aromatic heterocycles. The van der Waals surface area contributed by atoms with Gasteiger partial charge in [0.15, 0.2) is 0 Å². The van der Waals surface area contributed by atoms with Crippen LogP contribution in [0.15, 0.2) is 60.7 Å². The van der Waals surface area contributed by atoms with Gasteiger partial charge in [0.05, 0.1) is 0 Å². The third-order valence-electron chi connectivity index (χ3n) is 2.51. The molecule has 21 heavy (non-hydrogen) atoms. The first kappa shape index (κ1) is 15.5. The summed E-state index contributed by atoms with van der Waals surface area (Å²) in [7, 11) is 0. The van der Waals surface area contributed by atoms with Crippen molar-refractivity contribution in [2.24, 2.45) is 0 Å². The van der Waals surface area contributed by atoms with E-state index in [0.717, 1.165) is 10.3 Å². The van der Waals surface area contributed by atoms with Crippen molar-refractivity contribution in [2.75, 3.05) is 10.3 Å². The normalized spacial score (nSPS) is 9.52. The number of nitroso groups, excluding NO2 is 2. The van der Waals surface area contributed by atoms with Crippen molar-refractivity contribution in [1.29, 1.82) is 0 Å². The summed E-state index contributed by atoms with van der Waals surface area (Å²) < 4.78 is 10.6. The molecule has 104 valence electrons. The molecule has 2 rings (SSSR count). The van der Waals surface area contributed by atoms with Crippen LogP contribution >= 0.6 is 0 Å². The fourth-order valence-corrected chi connectivity index (χ4v) is 4.13. The van der Waals surface area contributed by atoms with Crippen LogP contribution in [-0.4, -0.2) is 0 Å². The Hall–Kier alpha value is -1.90. The van der Waals surface area contributed by atoms with Gasteiger partial charge in [0, 0.05) is 0 Å². The Kier molecular flexibility index (Phi) is 6.19. The molecule has 0 saturated heterocycles. The minimum atomic E-state index is -2.45. The molecule has 8 nitrogen and oxygen atoms in total. The average molecular weight is 477 g/mol. The Morgan fingerprint density at radius 3 is 1.43 bits per heavy atom. The topological polar surface area (TPSA) is 87.0 Å². The summed E-state index contributed by atoms with van der Waals surface area (Å²) in [6.07, 6.45) is 0. The number of nitrogens with zero attached hydrogens (tertiary/aromatic N) is 2.